The van der Waals surface area contributed by atoms with Gasteiger partial charge in [0.05, 0.1) is 11.5 Å². The second-order valence-electron chi connectivity index (χ2n) is 4.83. The van der Waals surface area contributed by atoms with Crippen LogP contribution in [0.2, 0.25) is 0 Å². The van der Waals surface area contributed by atoms with E-state index in [0.29, 0.717) is 18.5 Å². The highest BCUT2D eigenvalue weighted by molar-refractivity contribution is 5.88. The molecule has 0 fully saturated rings. The monoisotopic (exact) mass is 293 g/mol. The van der Waals surface area contributed by atoms with Gasteiger partial charge in [0, 0.05) is 44.0 Å². The maximum absolute atomic E-state index is 11.9. The molecule has 0 spiro atoms. The van der Waals surface area contributed by atoms with Crippen LogP contribution >= 0.6 is 0 Å². The first-order valence-corrected chi connectivity index (χ1v) is 6.59. The van der Waals surface area contributed by atoms with Crippen LogP contribution in [-0.2, 0) is 4.79 Å². The number of non-ortho nitro benzene ring substituents is 1. The molecule has 0 aliphatic heterocycles. The third-order valence-corrected chi connectivity index (χ3v) is 3.01. The zero-order chi connectivity index (χ0) is 16.0. The summed E-state index contributed by atoms with van der Waals surface area (Å²) in [6, 6.07) is 4.08. The number of carbonyl (C=O) groups is 2. The van der Waals surface area contributed by atoms with Gasteiger partial charge in [-0.15, -0.1) is 0 Å². The van der Waals surface area contributed by atoms with Gasteiger partial charge in [-0.05, 0) is 12.5 Å². The molecule has 1 amide bonds. The van der Waals surface area contributed by atoms with E-state index in [2.05, 4.69) is 0 Å². The number of carbonyl (C=O) groups excluding carboxylic acids is 2. The van der Waals surface area contributed by atoms with Crippen molar-refractivity contribution in [1.29, 1.82) is 0 Å². The van der Waals surface area contributed by atoms with Crippen LogP contribution in [0.4, 0.5) is 11.4 Å². The van der Waals surface area contributed by atoms with Crippen molar-refractivity contribution in [2.45, 2.75) is 13.3 Å². The van der Waals surface area contributed by atoms with Gasteiger partial charge in [-0.3, -0.25) is 19.7 Å². The Kier molecular flexibility index (Phi) is 5.83. The number of hydrogen-bond donors (Lipinski definition) is 0. The normalized spacial score (nSPS) is 10.0. The maximum Gasteiger partial charge on any atom is 0.270 e. The van der Waals surface area contributed by atoms with Crippen LogP contribution in [0.3, 0.4) is 0 Å². The average Bonchev–Trinajstić information content (AvgIpc) is 2.45. The van der Waals surface area contributed by atoms with E-state index >= 15 is 0 Å². The minimum absolute atomic E-state index is 0.0985. The summed E-state index contributed by atoms with van der Waals surface area (Å²) >= 11 is 0. The van der Waals surface area contributed by atoms with Crippen LogP contribution in [-0.4, -0.2) is 49.2 Å². The van der Waals surface area contributed by atoms with Gasteiger partial charge in [0.15, 0.2) is 6.29 Å². The van der Waals surface area contributed by atoms with Gasteiger partial charge in [-0.1, -0.05) is 6.92 Å². The fraction of sp³-hybridized carbons (Fsp3) is 0.429. The quantitative estimate of drug-likeness (QED) is 0.434. The van der Waals surface area contributed by atoms with Gasteiger partial charge < -0.3 is 9.80 Å². The molecule has 7 heteroatoms. The Morgan fingerprint density at radius 2 is 2.05 bits per heavy atom. The first kappa shape index (κ1) is 16.6. The van der Waals surface area contributed by atoms with E-state index in [4.69, 9.17) is 0 Å². The summed E-state index contributed by atoms with van der Waals surface area (Å²) < 4.78 is 0. The average molecular weight is 293 g/mol. The highest BCUT2D eigenvalue weighted by Crippen LogP contribution is 2.24. The third kappa shape index (κ3) is 4.27. The summed E-state index contributed by atoms with van der Waals surface area (Å²) in [7, 11) is 3.31. The van der Waals surface area contributed by atoms with Crippen LogP contribution in [0.25, 0.3) is 0 Å². The number of amides is 1. The molecular weight excluding hydrogens is 274 g/mol. The number of nitro benzene ring substituents is 1. The van der Waals surface area contributed by atoms with Crippen LogP contribution in [0, 0.1) is 10.1 Å². The number of benzene rings is 1. The largest absolute Gasteiger partial charge is 0.362 e. The van der Waals surface area contributed by atoms with Crippen molar-refractivity contribution in [1.82, 2.24) is 4.90 Å². The fourth-order valence-electron chi connectivity index (χ4n) is 1.90. The number of likely N-dealkylation sites (N-methyl/N-ethyl adjacent to an activating group) is 1. The Balaban J connectivity index is 3.15. The zero-order valence-electron chi connectivity index (χ0n) is 12.4. The molecule has 0 unspecified atom stereocenters. The first-order chi connectivity index (χ1) is 9.90. The van der Waals surface area contributed by atoms with Crippen molar-refractivity contribution in [2.75, 3.05) is 32.1 Å². The van der Waals surface area contributed by atoms with Gasteiger partial charge >= 0.3 is 0 Å². The molecular formula is C14H19N3O4. The summed E-state index contributed by atoms with van der Waals surface area (Å²) in [6.07, 6.45) is 1.36. The predicted octanol–water partition coefficient (Wildman–Crippen LogP) is 1.71. The SMILES string of the molecule is CCCN(CC(=O)N(C)C)c1ccc([N+](=O)[O-])cc1C=O. The minimum atomic E-state index is -0.550. The topological polar surface area (TPSA) is 83.8 Å². The number of hydrogen-bond acceptors (Lipinski definition) is 5. The molecule has 7 nitrogen and oxygen atoms in total. The van der Waals surface area contributed by atoms with Gasteiger partial charge in [0.1, 0.15) is 0 Å². The van der Waals surface area contributed by atoms with Crippen molar-refractivity contribution in [3.05, 3.63) is 33.9 Å². The Morgan fingerprint density at radius 1 is 1.38 bits per heavy atom. The maximum atomic E-state index is 11.9. The molecule has 0 saturated carbocycles. The van der Waals surface area contributed by atoms with E-state index in [-0.39, 0.29) is 23.7 Å². The lowest BCUT2D eigenvalue weighted by Crippen LogP contribution is -2.37. The van der Waals surface area contributed by atoms with E-state index in [1.165, 1.54) is 23.1 Å². The minimum Gasteiger partial charge on any atom is -0.362 e. The van der Waals surface area contributed by atoms with Crippen LogP contribution in [0.5, 0.6) is 0 Å². The number of anilines is 1. The van der Waals surface area contributed by atoms with Gasteiger partial charge in [0.25, 0.3) is 5.69 Å². The Labute approximate surface area is 123 Å². The van der Waals surface area contributed by atoms with Gasteiger partial charge in [-0.2, -0.15) is 0 Å². The number of nitrogens with zero attached hydrogens (tertiary/aromatic N) is 3. The highest BCUT2D eigenvalue weighted by Gasteiger charge is 2.18. The first-order valence-electron chi connectivity index (χ1n) is 6.59. The molecule has 0 N–H and O–H groups in total. The molecule has 0 bridgehead atoms. The van der Waals surface area contributed by atoms with E-state index < -0.39 is 4.92 Å². The highest BCUT2D eigenvalue weighted by atomic mass is 16.6. The summed E-state index contributed by atoms with van der Waals surface area (Å²) in [5.41, 5.74) is 0.605. The summed E-state index contributed by atoms with van der Waals surface area (Å²) in [4.78, 5) is 36.5. The van der Waals surface area contributed by atoms with E-state index in [1.54, 1.807) is 19.0 Å². The van der Waals surface area contributed by atoms with Gasteiger partial charge in [-0.25, -0.2) is 0 Å². The molecule has 0 aliphatic carbocycles. The van der Waals surface area contributed by atoms with E-state index in [9.17, 15) is 19.7 Å². The lowest BCUT2D eigenvalue weighted by molar-refractivity contribution is -0.384. The zero-order valence-corrected chi connectivity index (χ0v) is 12.4. The van der Waals surface area contributed by atoms with Crippen molar-refractivity contribution in [3.8, 4) is 0 Å². The van der Waals surface area contributed by atoms with E-state index in [0.717, 1.165) is 6.42 Å². The summed E-state index contributed by atoms with van der Waals surface area (Å²) in [6.45, 7) is 2.66. The van der Waals surface area contributed by atoms with Gasteiger partial charge in [0.2, 0.25) is 5.91 Å². The Hall–Kier alpha value is -2.44. The van der Waals surface area contributed by atoms with Crippen LogP contribution in [0.15, 0.2) is 18.2 Å². The standard InChI is InChI=1S/C14H19N3O4/c1-4-7-16(9-14(19)15(2)3)13-6-5-12(17(20)21)8-11(13)10-18/h5-6,8,10H,4,7,9H2,1-3H3. The molecule has 0 saturated heterocycles. The van der Waals surface area contributed by atoms with Crippen LogP contribution in [0.1, 0.15) is 23.7 Å². The van der Waals surface area contributed by atoms with Crippen molar-refractivity contribution < 1.29 is 14.5 Å². The number of aldehydes is 1. The molecule has 0 aromatic heterocycles. The molecule has 114 valence electrons. The predicted molar refractivity (Wildman–Crippen MR) is 79.7 cm³/mol. The molecule has 1 aromatic rings. The second kappa shape index (κ2) is 7.37. The molecule has 1 aromatic carbocycles. The van der Waals surface area contributed by atoms with Crippen molar-refractivity contribution in [3.63, 3.8) is 0 Å². The smallest absolute Gasteiger partial charge is 0.270 e. The fourth-order valence-corrected chi connectivity index (χ4v) is 1.90. The molecule has 0 heterocycles. The molecule has 1 rings (SSSR count). The Morgan fingerprint density at radius 3 is 2.52 bits per heavy atom. The lowest BCUT2D eigenvalue weighted by Gasteiger charge is -2.26. The molecule has 21 heavy (non-hydrogen) atoms. The van der Waals surface area contributed by atoms with E-state index in [1.807, 2.05) is 6.92 Å². The summed E-state index contributed by atoms with van der Waals surface area (Å²) in [5.74, 6) is -0.0985. The molecule has 0 aliphatic rings. The third-order valence-electron chi connectivity index (χ3n) is 3.01. The second-order valence-corrected chi connectivity index (χ2v) is 4.83. The lowest BCUT2D eigenvalue weighted by atomic mass is 10.1. The van der Waals surface area contributed by atoms with Crippen molar-refractivity contribution in [2.24, 2.45) is 0 Å². The van der Waals surface area contributed by atoms with Crippen molar-refractivity contribution >= 4 is 23.6 Å². The van der Waals surface area contributed by atoms with Crippen LogP contribution < -0.4 is 4.90 Å². The molecule has 0 radical (unpaired) electrons. The number of rotatable bonds is 7. The Bertz CT molecular complexity index is 543. The molecule has 0 atom stereocenters. The number of nitro groups is 1. The summed E-state index contributed by atoms with van der Waals surface area (Å²) in [5, 5.41) is 10.8.